The number of aryl methyl sites for hydroxylation is 1. The highest BCUT2D eigenvalue weighted by Gasteiger charge is 2.34. The van der Waals surface area contributed by atoms with Gasteiger partial charge in [0.05, 0.1) is 7.11 Å². The van der Waals surface area contributed by atoms with E-state index in [4.69, 9.17) is 9.47 Å². The molecule has 1 aliphatic rings. The van der Waals surface area contributed by atoms with Crippen LogP contribution in [-0.2, 0) is 16.6 Å². The van der Waals surface area contributed by atoms with Crippen molar-refractivity contribution in [2.75, 3.05) is 33.4 Å². The standard InChI is InChI=1S/C23H30N2O3/c1-27-21-11-9-20(10-12-21)23(13-16-28-17-14-23)18-25-22(26)24-15-5-8-19-6-3-2-4-7-19/h2-4,6-7,9-12H,5,8,13-18H2,1H3,(H2,24,25,26). The Morgan fingerprint density at radius 2 is 1.75 bits per heavy atom. The van der Waals surface area contributed by atoms with Crippen molar-refractivity contribution < 1.29 is 14.3 Å². The third-order valence-electron chi connectivity index (χ3n) is 5.51. The molecule has 0 saturated carbocycles. The van der Waals surface area contributed by atoms with E-state index in [0.29, 0.717) is 26.3 Å². The van der Waals surface area contributed by atoms with Gasteiger partial charge in [0.2, 0.25) is 0 Å². The normalized spacial score (nSPS) is 15.6. The van der Waals surface area contributed by atoms with Crippen molar-refractivity contribution in [2.45, 2.75) is 31.1 Å². The van der Waals surface area contributed by atoms with Gasteiger partial charge in [-0.1, -0.05) is 42.5 Å². The zero-order valence-corrected chi connectivity index (χ0v) is 16.6. The van der Waals surface area contributed by atoms with E-state index in [-0.39, 0.29) is 11.4 Å². The van der Waals surface area contributed by atoms with Gasteiger partial charge in [-0.25, -0.2) is 4.79 Å². The first kappa shape index (κ1) is 20.2. The van der Waals surface area contributed by atoms with Crippen molar-refractivity contribution in [2.24, 2.45) is 0 Å². The number of benzene rings is 2. The molecule has 2 aromatic carbocycles. The molecule has 150 valence electrons. The van der Waals surface area contributed by atoms with Crippen LogP contribution in [0.1, 0.15) is 30.4 Å². The van der Waals surface area contributed by atoms with Gasteiger partial charge in [0.1, 0.15) is 5.75 Å². The Morgan fingerprint density at radius 3 is 2.43 bits per heavy atom. The van der Waals surface area contributed by atoms with Crippen molar-refractivity contribution in [3.63, 3.8) is 0 Å². The van der Waals surface area contributed by atoms with Crippen molar-refractivity contribution in [3.05, 3.63) is 65.7 Å². The summed E-state index contributed by atoms with van der Waals surface area (Å²) in [5.41, 5.74) is 2.43. The number of hydrogen-bond acceptors (Lipinski definition) is 3. The lowest BCUT2D eigenvalue weighted by molar-refractivity contribution is 0.0507. The molecule has 1 heterocycles. The molecule has 2 aromatic rings. The quantitative estimate of drug-likeness (QED) is 0.685. The predicted octanol–water partition coefficient (Wildman–Crippen LogP) is 3.68. The molecule has 1 aliphatic heterocycles. The molecule has 5 heteroatoms. The maximum Gasteiger partial charge on any atom is 0.314 e. The van der Waals surface area contributed by atoms with E-state index in [1.807, 2.05) is 30.3 Å². The average molecular weight is 383 g/mol. The van der Waals surface area contributed by atoms with E-state index in [9.17, 15) is 4.79 Å². The van der Waals surface area contributed by atoms with Crippen LogP contribution >= 0.6 is 0 Å². The van der Waals surface area contributed by atoms with Gasteiger partial charge in [-0.2, -0.15) is 0 Å². The molecule has 0 unspecified atom stereocenters. The van der Waals surface area contributed by atoms with Crippen LogP contribution < -0.4 is 15.4 Å². The Balaban J connectivity index is 1.49. The van der Waals surface area contributed by atoms with Crippen LogP contribution in [0.25, 0.3) is 0 Å². The van der Waals surface area contributed by atoms with Crippen LogP contribution in [0.15, 0.2) is 54.6 Å². The molecule has 0 atom stereocenters. The van der Waals surface area contributed by atoms with E-state index < -0.39 is 0 Å². The van der Waals surface area contributed by atoms with Gasteiger partial charge >= 0.3 is 6.03 Å². The Labute approximate surface area is 167 Å². The molecule has 5 nitrogen and oxygen atoms in total. The molecule has 1 fully saturated rings. The summed E-state index contributed by atoms with van der Waals surface area (Å²) in [4.78, 5) is 12.3. The van der Waals surface area contributed by atoms with Crippen LogP contribution in [0.2, 0.25) is 0 Å². The molecule has 0 spiro atoms. The minimum absolute atomic E-state index is 0.0914. The topological polar surface area (TPSA) is 59.6 Å². The van der Waals surface area contributed by atoms with Gasteiger partial charge in [0.15, 0.2) is 0 Å². The predicted molar refractivity (Wildman–Crippen MR) is 111 cm³/mol. The van der Waals surface area contributed by atoms with E-state index in [2.05, 4.69) is 34.9 Å². The highest BCUT2D eigenvalue weighted by Crippen LogP contribution is 2.35. The Bertz CT molecular complexity index is 725. The number of amides is 2. The van der Waals surface area contributed by atoms with Gasteiger partial charge in [0, 0.05) is 31.7 Å². The first-order chi connectivity index (χ1) is 13.7. The van der Waals surface area contributed by atoms with Gasteiger partial charge in [-0.15, -0.1) is 0 Å². The zero-order valence-electron chi connectivity index (χ0n) is 16.6. The lowest BCUT2D eigenvalue weighted by Gasteiger charge is -2.38. The van der Waals surface area contributed by atoms with Gasteiger partial charge in [-0.3, -0.25) is 0 Å². The summed E-state index contributed by atoms with van der Waals surface area (Å²) >= 11 is 0. The molecule has 2 amide bonds. The first-order valence-corrected chi connectivity index (χ1v) is 10.00. The SMILES string of the molecule is COc1ccc(C2(CNC(=O)NCCCc3ccccc3)CCOCC2)cc1. The van der Waals surface area contributed by atoms with E-state index in [1.54, 1.807) is 7.11 Å². The fourth-order valence-corrected chi connectivity index (χ4v) is 3.73. The fourth-order valence-electron chi connectivity index (χ4n) is 3.73. The molecular weight excluding hydrogens is 352 g/mol. The number of ether oxygens (including phenoxy) is 2. The number of nitrogens with one attached hydrogen (secondary N) is 2. The van der Waals surface area contributed by atoms with Crippen LogP contribution in [0.4, 0.5) is 4.79 Å². The maximum atomic E-state index is 12.3. The number of methoxy groups -OCH3 is 1. The number of carbonyl (C=O) groups is 1. The summed E-state index contributed by atoms with van der Waals surface area (Å²) in [5, 5.41) is 6.06. The minimum Gasteiger partial charge on any atom is -0.497 e. The van der Waals surface area contributed by atoms with Gasteiger partial charge in [-0.05, 0) is 48.9 Å². The summed E-state index contributed by atoms with van der Waals surface area (Å²) < 4.78 is 10.8. The van der Waals surface area contributed by atoms with Crippen LogP contribution in [0, 0.1) is 0 Å². The molecule has 3 rings (SSSR count). The summed E-state index contributed by atoms with van der Waals surface area (Å²) in [7, 11) is 1.67. The lowest BCUT2D eigenvalue weighted by Crippen LogP contribution is -2.47. The second kappa shape index (κ2) is 10.1. The van der Waals surface area contributed by atoms with E-state index in [0.717, 1.165) is 31.4 Å². The van der Waals surface area contributed by atoms with Crippen molar-refractivity contribution in [1.82, 2.24) is 10.6 Å². The highest BCUT2D eigenvalue weighted by atomic mass is 16.5. The smallest absolute Gasteiger partial charge is 0.314 e. The third-order valence-corrected chi connectivity index (χ3v) is 5.51. The van der Waals surface area contributed by atoms with Crippen molar-refractivity contribution in [3.8, 4) is 5.75 Å². The third kappa shape index (κ3) is 5.49. The number of rotatable bonds is 8. The second-order valence-corrected chi connectivity index (χ2v) is 7.32. The molecule has 28 heavy (non-hydrogen) atoms. The number of carbonyl (C=O) groups excluding carboxylic acids is 1. The Hall–Kier alpha value is -2.53. The van der Waals surface area contributed by atoms with Crippen LogP contribution in [-0.4, -0.2) is 39.4 Å². The summed E-state index contributed by atoms with van der Waals surface area (Å²) in [5.74, 6) is 0.843. The number of urea groups is 1. The van der Waals surface area contributed by atoms with Crippen LogP contribution in [0.5, 0.6) is 5.75 Å². The van der Waals surface area contributed by atoms with Gasteiger partial charge < -0.3 is 20.1 Å². The van der Waals surface area contributed by atoms with Crippen molar-refractivity contribution >= 4 is 6.03 Å². The molecule has 2 N–H and O–H groups in total. The number of hydrogen-bond donors (Lipinski definition) is 2. The molecule has 0 bridgehead atoms. The highest BCUT2D eigenvalue weighted by molar-refractivity contribution is 5.74. The molecule has 0 radical (unpaired) electrons. The van der Waals surface area contributed by atoms with E-state index in [1.165, 1.54) is 11.1 Å². The molecule has 0 aromatic heterocycles. The Morgan fingerprint density at radius 1 is 1.04 bits per heavy atom. The Kier molecular flexibility index (Phi) is 7.31. The maximum absolute atomic E-state index is 12.3. The average Bonchev–Trinajstić information content (AvgIpc) is 2.77. The van der Waals surface area contributed by atoms with Crippen molar-refractivity contribution in [1.29, 1.82) is 0 Å². The summed E-state index contributed by atoms with van der Waals surface area (Å²) in [6, 6.07) is 18.4. The monoisotopic (exact) mass is 382 g/mol. The van der Waals surface area contributed by atoms with Crippen LogP contribution in [0.3, 0.4) is 0 Å². The fraction of sp³-hybridized carbons (Fsp3) is 0.435. The van der Waals surface area contributed by atoms with E-state index >= 15 is 0 Å². The molecular formula is C23H30N2O3. The molecule has 1 saturated heterocycles. The minimum atomic E-state index is -0.104. The summed E-state index contributed by atoms with van der Waals surface area (Å²) in [6.45, 7) is 2.70. The van der Waals surface area contributed by atoms with Gasteiger partial charge in [0.25, 0.3) is 0 Å². The second-order valence-electron chi connectivity index (χ2n) is 7.32. The summed E-state index contributed by atoms with van der Waals surface area (Å²) in [6.07, 6.45) is 3.68. The lowest BCUT2D eigenvalue weighted by atomic mass is 9.74. The molecule has 0 aliphatic carbocycles. The zero-order chi connectivity index (χ0) is 19.7. The first-order valence-electron chi connectivity index (χ1n) is 10.00. The largest absolute Gasteiger partial charge is 0.497 e.